The zero-order valence-corrected chi connectivity index (χ0v) is 15.6. The fourth-order valence-electron chi connectivity index (χ4n) is 2.05. The van der Waals surface area contributed by atoms with Gasteiger partial charge in [0.1, 0.15) is 0 Å². The van der Waals surface area contributed by atoms with E-state index in [1.165, 1.54) is 6.92 Å². The third kappa shape index (κ3) is 7.38. The highest BCUT2D eigenvalue weighted by atomic mass is 16.9. The molecule has 5 nitrogen and oxygen atoms in total. The highest BCUT2D eigenvalue weighted by Gasteiger charge is 2.55. The Bertz CT molecular complexity index is 260. The first-order valence-electron chi connectivity index (χ1n) is 8.46. The monoisotopic (exact) mass is 320 g/mol. The lowest BCUT2D eigenvalue weighted by Crippen LogP contribution is -2.62. The van der Waals surface area contributed by atoms with E-state index < -0.39 is 11.8 Å². The molecule has 0 aromatic rings. The molecule has 134 valence electrons. The van der Waals surface area contributed by atoms with Crippen molar-refractivity contribution in [3.05, 3.63) is 0 Å². The fourth-order valence-corrected chi connectivity index (χ4v) is 2.05. The fraction of sp³-hybridized carbons (Fsp3) is 1.00. The van der Waals surface area contributed by atoms with Crippen LogP contribution in [0.1, 0.15) is 74.7 Å². The first-order valence-corrected chi connectivity index (χ1v) is 8.46. The minimum atomic E-state index is -1.71. The van der Waals surface area contributed by atoms with E-state index in [2.05, 4.69) is 6.92 Å². The van der Waals surface area contributed by atoms with Crippen LogP contribution in [0.2, 0.25) is 0 Å². The summed E-state index contributed by atoms with van der Waals surface area (Å²) in [6.07, 6.45) is 2.43. The summed E-state index contributed by atoms with van der Waals surface area (Å²) in [5.41, 5.74) is 0. The van der Waals surface area contributed by atoms with Crippen LogP contribution in [0.3, 0.4) is 0 Å². The average molecular weight is 320 g/mol. The lowest BCUT2D eigenvalue weighted by molar-refractivity contribution is -0.505. The first kappa shape index (κ1) is 21.8. The molecule has 0 rings (SSSR count). The third-order valence-electron chi connectivity index (χ3n) is 2.87. The minimum absolute atomic E-state index is 0.191. The molecule has 0 aromatic heterocycles. The van der Waals surface area contributed by atoms with E-state index in [0.717, 1.165) is 19.3 Å². The summed E-state index contributed by atoms with van der Waals surface area (Å²) in [5, 5.41) is 10.9. The number of unbranched alkanes of at least 4 members (excludes halogenated alkanes) is 2. The molecule has 0 aliphatic carbocycles. The second-order valence-electron chi connectivity index (χ2n) is 6.59. The van der Waals surface area contributed by atoms with E-state index in [4.69, 9.17) is 18.9 Å². The van der Waals surface area contributed by atoms with Crippen molar-refractivity contribution in [3.8, 4) is 0 Å². The van der Waals surface area contributed by atoms with Crippen LogP contribution in [-0.2, 0) is 18.9 Å². The second kappa shape index (κ2) is 9.83. The molecule has 0 bridgehead atoms. The van der Waals surface area contributed by atoms with Gasteiger partial charge in [-0.15, -0.1) is 0 Å². The van der Waals surface area contributed by atoms with Gasteiger partial charge in [-0.25, -0.2) is 0 Å². The Morgan fingerprint density at radius 2 is 1.23 bits per heavy atom. The summed E-state index contributed by atoms with van der Waals surface area (Å²) >= 11 is 0. The number of aliphatic hydroxyl groups is 1. The van der Waals surface area contributed by atoms with E-state index in [1.54, 1.807) is 0 Å². The maximum Gasteiger partial charge on any atom is 0.340 e. The molecule has 0 aromatic carbocycles. The molecule has 1 N–H and O–H groups in total. The maximum absolute atomic E-state index is 10.9. The van der Waals surface area contributed by atoms with Crippen LogP contribution >= 0.6 is 0 Å². The van der Waals surface area contributed by atoms with Crippen LogP contribution < -0.4 is 0 Å². The first-order chi connectivity index (χ1) is 10.1. The largest absolute Gasteiger partial charge is 0.359 e. The van der Waals surface area contributed by atoms with Gasteiger partial charge in [0.05, 0.1) is 24.9 Å². The van der Waals surface area contributed by atoms with Crippen molar-refractivity contribution in [3.63, 3.8) is 0 Å². The quantitative estimate of drug-likeness (QED) is 0.437. The molecular formula is C17H36O5. The van der Waals surface area contributed by atoms with Gasteiger partial charge in [0.15, 0.2) is 0 Å². The van der Waals surface area contributed by atoms with Crippen LogP contribution in [0.4, 0.5) is 0 Å². The van der Waals surface area contributed by atoms with Crippen molar-refractivity contribution in [1.82, 2.24) is 0 Å². The maximum atomic E-state index is 10.9. The molecule has 0 fully saturated rings. The number of rotatable bonds is 12. The van der Waals surface area contributed by atoms with Crippen molar-refractivity contribution >= 4 is 0 Å². The molecule has 0 spiro atoms. The Kier molecular flexibility index (Phi) is 9.74. The summed E-state index contributed by atoms with van der Waals surface area (Å²) in [7, 11) is 0. The summed E-state index contributed by atoms with van der Waals surface area (Å²) in [6.45, 7) is 15.3. The van der Waals surface area contributed by atoms with Gasteiger partial charge in [-0.2, -0.15) is 0 Å². The Hall–Kier alpha value is -0.200. The molecule has 0 saturated carbocycles. The summed E-state index contributed by atoms with van der Waals surface area (Å²) in [6, 6.07) is 0. The zero-order chi connectivity index (χ0) is 17.4. The summed E-state index contributed by atoms with van der Waals surface area (Å²) in [4.78, 5) is 0. The third-order valence-corrected chi connectivity index (χ3v) is 2.87. The number of hydrogen-bond donors (Lipinski definition) is 1. The van der Waals surface area contributed by atoms with E-state index in [9.17, 15) is 5.11 Å². The Morgan fingerprint density at radius 1 is 0.818 bits per heavy atom. The van der Waals surface area contributed by atoms with Crippen molar-refractivity contribution in [2.45, 2.75) is 105 Å². The SMILES string of the molecule is CCCCCOC(C)(O)C(OC(C)C)(OC(C)C)OC(C)C. The van der Waals surface area contributed by atoms with E-state index in [-0.39, 0.29) is 18.3 Å². The van der Waals surface area contributed by atoms with Gasteiger partial charge in [-0.1, -0.05) is 19.8 Å². The van der Waals surface area contributed by atoms with E-state index in [0.29, 0.717) is 6.61 Å². The van der Waals surface area contributed by atoms with Crippen LogP contribution in [0.25, 0.3) is 0 Å². The average Bonchev–Trinajstić information content (AvgIpc) is 2.31. The summed E-state index contributed by atoms with van der Waals surface area (Å²) < 4.78 is 23.3. The Labute approximate surface area is 136 Å². The normalized spacial score (nSPS) is 15.8. The number of ether oxygens (including phenoxy) is 4. The molecule has 0 aliphatic heterocycles. The highest BCUT2D eigenvalue weighted by molar-refractivity contribution is 4.78. The van der Waals surface area contributed by atoms with Crippen LogP contribution in [0, 0.1) is 0 Å². The lowest BCUT2D eigenvalue weighted by atomic mass is 10.2. The molecule has 1 atom stereocenters. The van der Waals surface area contributed by atoms with Crippen molar-refractivity contribution in [1.29, 1.82) is 0 Å². The lowest BCUT2D eigenvalue weighted by Gasteiger charge is -2.45. The number of hydrogen-bond acceptors (Lipinski definition) is 5. The van der Waals surface area contributed by atoms with Crippen LogP contribution in [0.15, 0.2) is 0 Å². The Balaban J connectivity index is 5.27. The van der Waals surface area contributed by atoms with Gasteiger partial charge < -0.3 is 24.1 Å². The topological polar surface area (TPSA) is 57.2 Å². The molecule has 1 unspecified atom stereocenters. The molecule has 0 heterocycles. The van der Waals surface area contributed by atoms with Gasteiger partial charge in [-0.3, -0.25) is 0 Å². The predicted molar refractivity (Wildman–Crippen MR) is 87.5 cm³/mol. The van der Waals surface area contributed by atoms with Gasteiger partial charge in [0, 0.05) is 0 Å². The molecular weight excluding hydrogens is 284 g/mol. The van der Waals surface area contributed by atoms with Crippen molar-refractivity contribution in [2.75, 3.05) is 6.61 Å². The molecule has 22 heavy (non-hydrogen) atoms. The van der Waals surface area contributed by atoms with Crippen molar-refractivity contribution in [2.24, 2.45) is 0 Å². The van der Waals surface area contributed by atoms with Crippen LogP contribution in [-0.4, -0.2) is 41.8 Å². The standard InChI is InChI=1S/C17H36O5/c1-9-10-11-12-19-16(8,18)17(20-13(2)3,21-14(4)5)22-15(6)7/h13-15,18H,9-12H2,1-8H3. The smallest absolute Gasteiger partial charge is 0.340 e. The van der Waals surface area contributed by atoms with E-state index >= 15 is 0 Å². The molecule has 5 heteroatoms. The molecule has 0 aliphatic rings. The van der Waals surface area contributed by atoms with Gasteiger partial charge in [-0.05, 0) is 54.9 Å². The van der Waals surface area contributed by atoms with Gasteiger partial charge in [0.25, 0.3) is 0 Å². The van der Waals surface area contributed by atoms with Crippen LogP contribution in [0.5, 0.6) is 0 Å². The molecule has 0 radical (unpaired) electrons. The molecule has 0 amide bonds. The van der Waals surface area contributed by atoms with E-state index in [1.807, 2.05) is 41.5 Å². The predicted octanol–water partition coefficient (Wildman–Crippen LogP) is 3.83. The Morgan fingerprint density at radius 3 is 1.55 bits per heavy atom. The zero-order valence-electron chi connectivity index (χ0n) is 15.6. The highest BCUT2D eigenvalue weighted by Crippen LogP contribution is 2.34. The van der Waals surface area contributed by atoms with Gasteiger partial charge >= 0.3 is 5.97 Å². The van der Waals surface area contributed by atoms with Crippen molar-refractivity contribution < 1.29 is 24.1 Å². The second-order valence-corrected chi connectivity index (χ2v) is 6.59. The minimum Gasteiger partial charge on any atom is -0.359 e. The van der Waals surface area contributed by atoms with Gasteiger partial charge in [0.2, 0.25) is 5.79 Å². The summed E-state index contributed by atoms with van der Waals surface area (Å²) in [5.74, 6) is -3.37. The molecule has 0 saturated heterocycles.